The second kappa shape index (κ2) is 35.5. The molecule has 14 aromatic carbocycles. The average molecular weight is 1930 g/mol. The Hall–Kier alpha value is -13.9. The number of benzene rings is 14. The fraction of sp³-hybridized carbons (Fsp3) is 0.0526. The van der Waals surface area contributed by atoms with E-state index in [-0.39, 0.29) is 62.5 Å². The summed E-state index contributed by atoms with van der Waals surface area (Å²) in [6.07, 6.45) is 7.20. The number of nitrogens with zero attached hydrogens (tertiary/aromatic N) is 6. The maximum atomic E-state index is 7.90. The second-order valence-electron chi connectivity index (χ2n) is 29.8. The molecule has 0 amide bonds. The van der Waals surface area contributed by atoms with E-state index in [1.165, 1.54) is 24.8 Å². The molecule has 0 unspecified atom stereocenters. The zero-order valence-corrected chi connectivity index (χ0v) is 70.8. The summed E-state index contributed by atoms with van der Waals surface area (Å²) >= 11 is 0. The molecule has 582 valence electrons. The van der Waals surface area contributed by atoms with E-state index in [1.54, 1.807) is 54.9 Å². The van der Waals surface area contributed by atoms with E-state index in [1.807, 2.05) is 91.0 Å². The first-order valence-electron chi connectivity index (χ1n) is 45.4. The molecule has 0 N–H and O–H groups in total. The summed E-state index contributed by atoms with van der Waals surface area (Å²) in [5.74, 6) is 0. The van der Waals surface area contributed by atoms with Gasteiger partial charge in [0, 0.05) is 41.2 Å². The monoisotopic (exact) mass is 1930 g/mol. The van der Waals surface area contributed by atoms with Crippen LogP contribution in [0, 0.1) is 77.7 Å². The van der Waals surface area contributed by atoms with Gasteiger partial charge in [-0.3, -0.25) is 9.97 Å². The van der Waals surface area contributed by atoms with Gasteiger partial charge in [0.25, 0.3) is 0 Å². The van der Waals surface area contributed by atoms with Gasteiger partial charge in [0.05, 0.1) is 6.33 Å². The van der Waals surface area contributed by atoms with Gasteiger partial charge in [0.15, 0.2) is 0 Å². The van der Waals surface area contributed by atoms with Crippen molar-refractivity contribution in [1.29, 1.82) is 0 Å². The van der Waals surface area contributed by atoms with Crippen LogP contribution >= 0.6 is 0 Å². The van der Waals surface area contributed by atoms with E-state index in [9.17, 15) is 0 Å². The van der Waals surface area contributed by atoms with Crippen molar-refractivity contribution in [2.24, 2.45) is 0 Å². The predicted molar refractivity (Wildman–Crippen MR) is 492 cm³/mol. The van der Waals surface area contributed by atoms with Crippen molar-refractivity contribution in [2.45, 2.75) is 41.3 Å². The molecule has 0 radical (unpaired) electrons. The summed E-state index contributed by atoms with van der Waals surface area (Å²) in [5.41, 5.74) is 34.5. The first-order valence-corrected chi connectivity index (χ1v) is 39.4. The van der Waals surface area contributed by atoms with Crippen molar-refractivity contribution in [3.05, 3.63) is 435 Å². The minimum absolute atomic E-state index is 0. The standard InChI is InChI=1S/C114H78N6.2Ir/c1-73-23-53-105(107(59-73)95-63-91(101-19-11-7-15-97(101)79-29-41-85(42-30-79)109-55-25-75(3)68-115-109)61-92(64-95)102-20-12-8-16-98(102)80-31-43-86(44-32-80)110-56-26-76(4)69-116-110)83-37-49-89(50-38-83)113-67-114(120-72-119-113)90-51-39-84(40-52-90)106-54-24-74(2)60-108(106)96-65-93(103-21-13-9-17-99(103)81-33-45-87(46-34-81)111-57-27-77(5)70-117-111)62-94(66-96)104-22-14-10-18-100(104)82-35-47-88(48-36-82)112-58-28-78(6)71-118-112;;/h7-41,43,45,47,49,51,53-72H,1-6H3;;/q-6;2*+3/i3D3,4D3,5D3,6D3;;. The molecule has 0 fully saturated rings. The second-order valence-corrected chi connectivity index (χ2v) is 29.8. The molecule has 122 heavy (non-hydrogen) atoms. The fourth-order valence-electron chi connectivity index (χ4n) is 15.8. The van der Waals surface area contributed by atoms with Crippen LogP contribution in [-0.4, -0.2) is 29.9 Å². The Morgan fingerprint density at radius 3 is 0.615 bits per heavy atom. The molecule has 0 saturated carbocycles. The van der Waals surface area contributed by atoms with Crippen LogP contribution in [0.15, 0.2) is 365 Å². The summed E-state index contributed by atoms with van der Waals surface area (Å²) < 4.78 is 94.7. The molecule has 0 aliphatic carbocycles. The van der Waals surface area contributed by atoms with Crippen molar-refractivity contribution < 1.29 is 56.7 Å². The molecule has 0 spiro atoms. The van der Waals surface area contributed by atoms with Crippen molar-refractivity contribution in [3.8, 4) is 201 Å². The van der Waals surface area contributed by atoms with Gasteiger partial charge in [-0.25, -0.2) is 0 Å². The van der Waals surface area contributed by atoms with Gasteiger partial charge < -0.3 is 19.9 Å². The van der Waals surface area contributed by atoms with E-state index in [0.29, 0.717) is 34.2 Å². The van der Waals surface area contributed by atoms with Crippen LogP contribution in [0.4, 0.5) is 0 Å². The van der Waals surface area contributed by atoms with Gasteiger partial charge in [-0.15, -0.1) is 179 Å². The fourth-order valence-corrected chi connectivity index (χ4v) is 15.8. The third kappa shape index (κ3) is 17.0. The summed E-state index contributed by atoms with van der Waals surface area (Å²) in [6, 6.07) is 133. The number of pyridine rings is 4. The van der Waals surface area contributed by atoms with Gasteiger partial charge in [-0.2, -0.15) is 0 Å². The molecule has 5 heterocycles. The molecule has 19 aromatic rings. The molecule has 19 rings (SSSR count). The maximum absolute atomic E-state index is 7.90. The summed E-state index contributed by atoms with van der Waals surface area (Å²) in [6.45, 7) is -4.87. The first kappa shape index (κ1) is 66.9. The van der Waals surface area contributed by atoms with Crippen molar-refractivity contribution >= 4 is 0 Å². The molecule has 0 aliphatic heterocycles. The van der Waals surface area contributed by atoms with Gasteiger partial charge in [-0.05, 0) is 201 Å². The quantitative estimate of drug-likeness (QED) is 0.0797. The van der Waals surface area contributed by atoms with Crippen molar-refractivity contribution in [2.75, 3.05) is 0 Å². The van der Waals surface area contributed by atoms with E-state index >= 15 is 0 Å². The first-order chi connectivity index (χ1) is 63.7. The van der Waals surface area contributed by atoms with Gasteiger partial charge >= 0.3 is 40.2 Å². The van der Waals surface area contributed by atoms with Crippen molar-refractivity contribution in [3.63, 3.8) is 0 Å². The summed E-state index contributed by atoms with van der Waals surface area (Å²) in [5, 5.41) is 0. The van der Waals surface area contributed by atoms with Crippen LogP contribution in [0.1, 0.15) is 49.8 Å². The van der Waals surface area contributed by atoms with Crippen LogP contribution in [-0.2, 0) is 40.2 Å². The Labute approximate surface area is 758 Å². The Morgan fingerprint density at radius 2 is 0.402 bits per heavy atom. The molecule has 0 atom stereocenters. The van der Waals surface area contributed by atoms with E-state index in [0.717, 1.165) is 178 Å². The molecular weight excluding hydrogens is 1840 g/mol. The number of hydrogen-bond acceptors (Lipinski definition) is 6. The minimum Gasteiger partial charge on any atom is -0.304 e. The minimum atomic E-state index is -2.27. The van der Waals surface area contributed by atoms with Gasteiger partial charge in [0.2, 0.25) is 0 Å². The van der Waals surface area contributed by atoms with Crippen LogP contribution in [0.2, 0.25) is 0 Å². The van der Waals surface area contributed by atoms with Crippen LogP contribution < -0.4 is 0 Å². The molecule has 0 bridgehead atoms. The van der Waals surface area contributed by atoms with Crippen LogP contribution in [0.3, 0.4) is 0 Å². The SMILES string of the molecule is [2H]C([2H])([2H])c1ccc(-c2[c-]cc(-c3ccccc3-c3cc(-c4ccccc4-c4c[c-]c(-c5ccc(C([2H])([2H])[2H])cn5)cc4)cc(-c4cc(C)ccc4-c4c[c-]c(-c5cc(-c6[c-]cc(-c7ccc(C)cc7-c7cc(-c8ccccc8-c8c[c-]c(-c9ccc(C([2H])([2H])[2H])cn9)cc8)cc(-c8ccccc8-c8c[c-]c(-c9ccc(C([2H])([2H])[2H])cn9)cc8)c7)cc6)ncn5)cc4)c3)cc2)nc1.[Ir+3].[Ir+3]. The van der Waals surface area contributed by atoms with E-state index in [2.05, 4.69) is 264 Å². The zero-order valence-electron chi connectivity index (χ0n) is 78.0. The van der Waals surface area contributed by atoms with Gasteiger partial charge in [-0.1, -0.05) is 266 Å². The number of aryl methyl sites for hydroxylation is 6. The Kier molecular flexibility index (Phi) is 19.5. The van der Waals surface area contributed by atoms with E-state index < -0.39 is 27.4 Å². The van der Waals surface area contributed by atoms with Crippen molar-refractivity contribution in [1.82, 2.24) is 29.9 Å². The predicted octanol–water partition coefficient (Wildman–Crippen LogP) is 28.7. The third-order valence-corrected chi connectivity index (χ3v) is 21.9. The zero-order chi connectivity index (χ0) is 91.2. The van der Waals surface area contributed by atoms with E-state index in [4.69, 9.17) is 26.4 Å². The summed E-state index contributed by atoms with van der Waals surface area (Å²) in [4.78, 5) is 27.7. The Bertz CT molecular complexity index is 6730. The largest absolute Gasteiger partial charge is 3.00 e. The molecule has 0 saturated heterocycles. The molecule has 0 aliphatic rings. The summed E-state index contributed by atoms with van der Waals surface area (Å²) in [7, 11) is 0. The maximum Gasteiger partial charge on any atom is 3.00 e. The van der Waals surface area contributed by atoms with Crippen LogP contribution in [0.25, 0.3) is 201 Å². The molecule has 6 nitrogen and oxygen atoms in total. The number of rotatable bonds is 18. The Balaban J connectivity index is 0.00000625. The molecule has 5 aromatic heterocycles. The molecular formula is C114H78Ir2N6. The average Bonchev–Trinajstić information content (AvgIpc) is 0.766. The smallest absolute Gasteiger partial charge is 0.304 e. The van der Waals surface area contributed by atoms with Gasteiger partial charge in [0.1, 0.15) is 0 Å². The third-order valence-electron chi connectivity index (χ3n) is 21.9. The molecule has 8 heteroatoms. The normalized spacial score (nSPS) is 12.9. The Morgan fingerprint density at radius 1 is 0.189 bits per heavy atom. The number of hydrogen-bond donors (Lipinski definition) is 0. The van der Waals surface area contributed by atoms with Crippen LogP contribution in [0.5, 0.6) is 0 Å². The topological polar surface area (TPSA) is 77.3 Å². The number of aromatic nitrogens is 6.